The molecule has 2 heterocycles. The minimum Gasteiger partial charge on any atom is -0.388 e. The number of rotatable bonds is 0. The summed E-state index contributed by atoms with van der Waals surface area (Å²) in [4.78, 5) is 2.30. The lowest BCUT2D eigenvalue weighted by atomic mass is 9.95. The van der Waals surface area contributed by atoms with E-state index in [9.17, 15) is 5.11 Å². The highest BCUT2D eigenvalue weighted by Crippen LogP contribution is 2.37. The summed E-state index contributed by atoms with van der Waals surface area (Å²) >= 11 is 2.26. The van der Waals surface area contributed by atoms with Crippen LogP contribution in [0.4, 0.5) is 0 Å². The third-order valence-electron chi connectivity index (χ3n) is 2.60. The average molecular weight is 265 g/mol. The molecule has 62 valence electrons. The van der Waals surface area contributed by atoms with Gasteiger partial charge >= 0.3 is 0 Å². The monoisotopic (exact) mass is 265 g/mol. The Kier molecular flexibility index (Phi) is 1.87. The van der Waals surface area contributed by atoms with E-state index in [1.165, 1.54) is 5.70 Å². The zero-order valence-electron chi connectivity index (χ0n) is 6.39. The van der Waals surface area contributed by atoms with E-state index in [-0.39, 0.29) is 5.60 Å². The molecule has 0 aromatic carbocycles. The summed E-state index contributed by atoms with van der Waals surface area (Å²) in [5, 5.41) is 9.94. The average Bonchev–Trinajstić information content (AvgIpc) is 2.21. The topological polar surface area (TPSA) is 23.5 Å². The normalized spacial score (nSPS) is 40.2. The summed E-state index contributed by atoms with van der Waals surface area (Å²) in [7, 11) is 0. The summed E-state index contributed by atoms with van der Waals surface area (Å²) in [5.41, 5.74) is 0.945. The van der Waals surface area contributed by atoms with Crippen LogP contribution in [0.3, 0.4) is 0 Å². The van der Waals surface area contributed by atoms with Gasteiger partial charge < -0.3 is 10.0 Å². The van der Waals surface area contributed by atoms with Crippen LogP contribution in [0, 0.1) is 0 Å². The Labute approximate surface area is 80.4 Å². The Morgan fingerprint density at radius 1 is 1.64 bits per heavy atom. The number of hydrogen-bond donors (Lipinski definition) is 1. The van der Waals surface area contributed by atoms with Crippen LogP contribution in [0.2, 0.25) is 0 Å². The first-order chi connectivity index (χ1) is 5.23. The minimum atomic E-state index is -0.380. The smallest absolute Gasteiger partial charge is 0.0876 e. The third kappa shape index (κ3) is 1.28. The summed E-state index contributed by atoms with van der Waals surface area (Å²) in [6.45, 7) is 2.00. The number of aliphatic hydroxyl groups is 1. The van der Waals surface area contributed by atoms with Gasteiger partial charge in [-0.05, 0) is 16.9 Å². The van der Waals surface area contributed by atoms with E-state index in [0.29, 0.717) is 0 Å². The molecule has 0 aliphatic carbocycles. The second kappa shape index (κ2) is 2.62. The molecule has 0 aromatic rings. The van der Waals surface area contributed by atoms with Gasteiger partial charge in [0.25, 0.3) is 0 Å². The lowest BCUT2D eigenvalue weighted by Gasteiger charge is -2.29. The highest BCUT2D eigenvalue weighted by atomic mass is 127. The maximum Gasteiger partial charge on any atom is 0.0876 e. The van der Waals surface area contributed by atoms with Crippen LogP contribution in [-0.4, -0.2) is 28.7 Å². The Hall–Kier alpha value is 0.230. The quantitative estimate of drug-likeness (QED) is 0.671. The molecule has 2 saturated heterocycles. The maximum atomic E-state index is 9.94. The molecular formula is C8H12INO. The van der Waals surface area contributed by atoms with Crippen molar-refractivity contribution in [1.82, 2.24) is 4.90 Å². The number of halogens is 1. The summed E-state index contributed by atoms with van der Waals surface area (Å²) in [5.74, 6) is 0. The molecule has 2 aliphatic rings. The Bertz CT molecular complexity index is 204. The first kappa shape index (κ1) is 7.86. The SMILES string of the molecule is O[C@@]12CCCN(C1)/C(=C/I)C2. The number of piperidine rings is 1. The van der Waals surface area contributed by atoms with E-state index in [0.717, 1.165) is 32.4 Å². The predicted molar refractivity (Wildman–Crippen MR) is 52.5 cm³/mol. The van der Waals surface area contributed by atoms with Crippen molar-refractivity contribution in [1.29, 1.82) is 0 Å². The number of fused-ring (bicyclic) bond motifs is 2. The van der Waals surface area contributed by atoms with Crippen LogP contribution in [0.25, 0.3) is 0 Å². The molecule has 0 amide bonds. The molecule has 0 radical (unpaired) electrons. The van der Waals surface area contributed by atoms with Crippen LogP contribution in [0.1, 0.15) is 19.3 Å². The highest BCUT2D eigenvalue weighted by molar-refractivity contribution is 14.1. The van der Waals surface area contributed by atoms with Gasteiger partial charge in [-0.25, -0.2) is 0 Å². The van der Waals surface area contributed by atoms with Gasteiger partial charge in [0.05, 0.1) is 5.60 Å². The fourth-order valence-corrected chi connectivity index (χ4v) is 2.67. The molecule has 1 N–H and O–H groups in total. The lowest BCUT2D eigenvalue weighted by Crippen LogP contribution is -2.38. The number of hydrogen-bond acceptors (Lipinski definition) is 2. The summed E-state index contributed by atoms with van der Waals surface area (Å²) < 4.78 is 2.10. The summed E-state index contributed by atoms with van der Waals surface area (Å²) in [6, 6.07) is 0. The molecule has 1 atom stereocenters. The fourth-order valence-electron chi connectivity index (χ4n) is 2.06. The second-order valence-electron chi connectivity index (χ2n) is 3.53. The van der Waals surface area contributed by atoms with E-state index in [1.807, 2.05) is 0 Å². The molecule has 0 spiro atoms. The molecule has 2 aliphatic heterocycles. The Morgan fingerprint density at radius 2 is 2.45 bits per heavy atom. The molecule has 0 unspecified atom stereocenters. The van der Waals surface area contributed by atoms with Gasteiger partial charge in [-0.15, -0.1) is 0 Å². The van der Waals surface area contributed by atoms with Crippen LogP contribution < -0.4 is 0 Å². The van der Waals surface area contributed by atoms with Crippen molar-refractivity contribution >= 4 is 22.6 Å². The van der Waals surface area contributed by atoms with E-state index >= 15 is 0 Å². The van der Waals surface area contributed by atoms with E-state index < -0.39 is 0 Å². The Balaban J connectivity index is 2.23. The summed E-state index contributed by atoms with van der Waals surface area (Å²) in [6.07, 6.45) is 3.00. The van der Waals surface area contributed by atoms with Gasteiger partial charge in [0, 0.05) is 25.2 Å². The van der Waals surface area contributed by atoms with Crippen LogP contribution in [0.5, 0.6) is 0 Å². The van der Waals surface area contributed by atoms with Gasteiger partial charge in [-0.2, -0.15) is 0 Å². The van der Waals surface area contributed by atoms with Crippen LogP contribution in [0.15, 0.2) is 9.78 Å². The van der Waals surface area contributed by atoms with E-state index in [2.05, 4.69) is 31.6 Å². The Morgan fingerprint density at radius 3 is 3.09 bits per heavy atom. The zero-order valence-corrected chi connectivity index (χ0v) is 8.54. The molecule has 2 rings (SSSR count). The van der Waals surface area contributed by atoms with Gasteiger partial charge in [0.15, 0.2) is 0 Å². The minimum absolute atomic E-state index is 0.380. The maximum absolute atomic E-state index is 9.94. The van der Waals surface area contributed by atoms with Crippen molar-refractivity contribution in [2.24, 2.45) is 0 Å². The second-order valence-corrected chi connectivity index (χ2v) is 4.15. The van der Waals surface area contributed by atoms with Crippen molar-refractivity contribution in [2.45, 2.75) is 24.9 Å². The van der Waals surface area contributed by atoms with E-state index in [4.69, 9.17) is 0 Å². The van der Waals surface area contributed by atoms with Gasteiger partial charge in [-0.1, -0.05) is 22.6 Å². The van der Waals surface area contributed by atoms with Gasteiger partial charge in [-0.3, -0.25) is 0 Å². The fraction of sp³-hybridized carbons (Fsp3) is 0.750. The van der Waals surface area contributed by atoms with Gasteiger partial charge in [0.2, 0.25) is 0 Å². The predicted octanol–water partition coefficient (Wildman–Crippen LogP) is 1.49. The van der Waals surface area contributed by atoms with Crippen molar-refractivity contribution in [3.8, 4) is 0 Å². The van der Waals surface area contributed by atoms with Crippen molar-refractivity contribution in [3.63, 3.8) is 0 Å². The molecular weight excluding hydrogens is 253 g/mol. The van der Waals surface area contributed by atoms with Gasteiger partial charge in [0.1, 0.15) is 0 Å². The zero-order chi connectivity index (χ0) is 7.90. The first-order valence-electron chi connectivity index (χ1n) is 4.00. The van der Waals surface area contributed by atoms with Crippen molar-refractivity contribution in [3.05, 3.63) is 9.78 Å². The van der Waals surface area contributed by atoms with Crippen molar-refractivity contribution in [2.75, 3.05) is 13.1 Å². The molecule has 2 nitrogen and oxygen atoms in total. The molecule has 3 heteroatoms. The van der Waals surface area contributed by atoms with Crippen LogP contribution in [-0.2, 0) is 0 Å². The van der Waals surface area contributed by atoms with Crippen LogP contribution >= 0.6 is 22.6 Å². The van der Waals surface area contributed by atoms with Crippen molar-refractivity contribution < 1.29 is 5.11 Å². The molecule has 2 bridgehead atoms. The standard InChI is InChI=1S/C8H12INO/c9-5-7-4-8(11)2-1-3-10(7)6-8/h5,11H,1-4,6H2/b7-5+/t8-/m1/s1. The molecule has 0 saturated carbocycles. The molecule has 0 aromatic heterocycles. The lowest BCUT2D eigenvalue weighted by molar-refractivity contribution is 0.0206. The largest absolute Gasteiger partial charge is 0.388 e. The number of nitrogens with zero attached hydrogens (tertiary/aromatic N) is 1. The molecule has 11 heavy (non-hydrogen) atoms. The highest BCUT2D eigenvalue weighted by Gasteiger charge is 2.41. The first-order valence-corrected chi connectivity index (χ1v) is 5.25. The van der Waals surface area contributed by atoms with E-state index in [1.54, 1.807) is 0 Å². The molecule has 2 fully saturated rings. The third-order valence-corrected chi connectivity index (χ3v) is 3.32.